The summed E-state index contributed by atoms with van der Waals surface area (Å²) in [6.07, 6.45) is 1.11. The highest BCUT2D eigenvalue weighted by Gasteiger charge is 2.31. The van der Waals surface area contributed by atoms with E-state index in [4.69, 9.17) is 10.3 Å². The molecule has 6 nitrogen and oxygen atoms in total. The number of likely N-dealkylation sites (tertiary alicyclic amines) is 1. The van der Waals surface area contributed by atoms with Crippen molar-refractivity contribution in [1.29, 1.82) is 0 Å². The standard InChI is InChI=1S/C11H20N4O2/c1-8-7-9(13-14-12)5-6-15(8)10(16)17-11(2,3)4/h8-9H,5-7H2,1-4H3/t8-,9-/m0/s1. The van der Waals surface area contributed by atoms with Crippen LogP contribution in [-0.2, 0) is 4.74 Å². The van der Waals surface area contributed by atoms with Crippen molar-refractivity contribution in [3.8, 4) is 0 Å². The van der Waals surface area contributed by atoms with Crippen molar-refractivity contribution in [3.05, 3.63) is 10.4 Å². The van der Waals surface area contributed by atoms with Gasteiger partial charge in [0, 0.05) is 23.5 Å². The molecule has 0 radical (unpaired) electrons. The fourth-order valence-corrected chi connectivity index (χ4v) is 1.92. The Balaban J connectivity index is 2.57. The molecule has 1 aliphatic rings. The molecular formula is C11H20N4O2. The lowest BCUT2D eigenvalue weighted by molar-refractivity contribution is 0.0107. The Hall–Kier alpha value is -1.42. The summed E-state index contributed by atoms with van der Waals surface area (Å²) in [5.74, 6) is 0. The molecule has 0 aromatic carbocycles. The summed E-state index contributed by atoms with van der Waals surface area (Å²) in [4.78, 5) is 16.4. The van der Waals surface area contributed by atoms with E-state index in [9.17, 15) is 4.79 Å². The number of azide groups is 1. The number of amides is 1. The Morgan fingerprint density at radius 1 is 1.53 bits per heavy atom. The van der Waals surface area contributed by atoms with Gasteiger partial charge in [0.1, 0.15) is 5.60 Å². The largest absolute Gasteiger partial charge is 0.444 e. The zero-order valence-corrected chi connectivity index (χ0v) is 10.9. The average molecular weight is 240 g/mol. The van der Waals surface area contributed by atoms with Crippen LogP contribution in [0.4, 0.5) is 4.79 Å². The first-order chi connectivity index (χ1) is 7.83. The maximum Gasteiger partial charge on any atom is 0.410 e. The summed E-state index contributed by atoms with van der Waals surface area (Å²) in [6, 6.07) is 0.0442. The molecule has 0 aromatic rings. The second-order valence-corrected chi connectivity index (χ2v) is 5.41. The van der Waals surface area contributed by atoms with Crippen LogP contribution in [-0.4, -0.2) is 35.2 Å². The molecule has 2 atom stereocenters. The van der Waals surface area contributed by atoms with E-state index < -0.39 is 5.60 Å². The Bertz CT molecular complexity index is 331. The number of piperidine rings is 1. The van der Waals surface area contributed by atoms with E-state index in [0.717, 1.165) is 0 Å². The Morgan fingerprint density at radius 3 is 2.65 bits per heavy atom. The highest BCUT2D eigenvalue weighted by atomic mass is 16.6. The normalized spacial score (nSPS) is 25.1. The lowest BCUT2D eigenvalue weighted by Gasteiger charge is -2.37. The Labute approximate surface area is 102 Å². The quantitative estimate of drug-likeness (QED) is 0.401. The third-order valence-corrected chi connectivity index (χ3v) is 2.69. The number of rotatable bonds is 1. The molecule has 0 aromatic heterocycles. The predicted molar refractivity (Wildman–Crippen MR) is 64.6 cm³/mol. The van der Waals surface area contributed by atoms with Crippen LogP contribution in [0.25, 0.3) is 10.4 Å². The van der Waals surface area contributed by atoms with Gasteiger partial charge in [0.05, 0.1) is 0 Å². The second kappa shape index (κ2) is 5.27. The predicted octanol–water partition coefficient (Wildman–Crippen LogP) is 3.08. The molecule has 96 valence electrons. The van der Waals surface area contributed by atoms with Crippen LogP contribution < -0.4 is 0 Å². The van der Waals surface area contributed by atoms with Gasteiger partial charge in [0.15, 0.2) is 0 Å². The van der Waals surface area contributed by atoms with Crippen LogP contribution >= 0.6 is 0 Å². The van der Waals surface area contributed by atoms with Gasteiger partial charge >= 0.3 is 6.09 Å². The van der Waals surface area contributed by atoms with Crippen molar-refractivity contribution in [1.82, 2.24) is 4.90 Å². The van der Waals surface area contributed by atoms with Crippen LogP contribution in [0.3, 0.4) is 0 Å². The number of ether oxygens (including phenoxy) is 1. The summed E-state index contributed by atoms with van der Waals surface area (Å²) in [6.45, 7) is 8.08. The maximum absolute atomic E-state index is 11.9. The van der Waals surface area contributed by atoms with Gasteiger partial charge in [-0.1, -0.05) is 5.11 Å². The van der Waals surface area contributed by atoms with Gasteiger partial charge in [-0.2, -0.15) is 0 Å². The molecule has 1 heterocycles. The SMILES string of the molecule is C[C@H]1C[C@@H](N=[N+]=[N-])CCN1C(=O)OC(C)(C)C. The van der Waals surface area contributed by atoms with Crippen molar-refractivity contribution < 1.29 is 9.53 Å². The monoisotopic (exact) mass is 240 g/mol. The minimum Gasteiger partial charge on any atom is -0.444 e. The molecule has 1 aliphatic heterocycles. The van der Waals surface area contributed by atoms with Crippen molar-refractivity contribution in [3.63, 3.8) is 0 Å². The lowest BCUT2D eigenvalue weighted by Crippen LogP contribution is -2.47. The third kappa shape index (κ3) is 4.15. The van der Waals surface area contributed by atoms with Crippen molar-refractivity contribution in [2.75, 3.05) is 6.54 Å². The smallest absolute Gasteiger partial charge is 0.410 e. The first-order valence-electron chi connectivity index (χ1n) is 5.87. The van der Waals surface area contributed by atoms with Crippen molar-refractivity contribution in [2.45, 2.75) is 58.2 Å². The number of hydrogen-bond acceptors (Lipinski definition) is 3. The molecule has 0 aliphatic carbocycles. The summed E-state index contributed by atoms with van der Waals surface area (Å²) >= 11 is 0. The van der Waals surface area contributed by atoms with E-state index >= 15 is 0 Å². The van der Waals surface area contributed by atoms with Crippen molar-refractivity contribution in [2.24, 2.45) is 5.11 Å². The summed E-state index contributed by atoms with van der Waals surface area (Å²) in [5, 5.41) is 3.70. The van der Waals surface area contributed by atoms with E-state index in [1.54, 1.807) is 4.90 Å². The van der Waals surface area contributed by atoms with Crippen LogP contribution in [0.15, 0.2) is 5.11 Å². The Kier molecular flexibility index (Phi) is 4.23. The highest BCUT2D eigenvalue weighted by Crippen LogP contribution is 2.22. The van der Waals surface area contributed by atoms with E-state index in [0.29, 0.717) is 19.4 Å². The van der Waals surface area contributed by atoms with E-state index in [1.807, 2.05) is 27.7 Å². The molecular weight excluding hydrogens is 220 g/mol. The van der Waals surface area contributed by atoms with Crippen LogP contribution in [0.5, 0.6) is 0 Å². The third-order valence-electron chi connectivity index (χ3n) is 2.69. The van der Waals surface area contributed by atoms with E-state index in [2.05, 4.69) is 10.0 Å². The zero-order chi connectivity index (χ0) is 13.1. The molecule has 1 saturated heterocycles. The summed E-state index contributed by atoms with van der Waals surface area (Å²) in [5.41, 5.74) is 7.91. The fraction of sp³-hybridized carbons (Fsp3) is 0.909. The molecule has 1 fully saturated rings. The van der Waals surface area contributed by atoms with Crippen LogP contribution in [0, 0.1) is 0 Å². The average Bonchev–Trinajstić information content (AvgIpc) is 2.15. The van der Waals surface area contributed by atoms with E-state index in [1.165, 1.54) is 0 Å². The molecule has 1 rings (SSSR count). The van der Waals surface area contributed by atoms with Gasteiger partial charge in [-0.3, -0.25) is 0 Å². The lowest BCUT2D eigenvalue weighted by atomic mass is 10.00. The first-order valence-corrected chi connectivity index (χ1v) is 5.87. The minimum absolute atomic E-state index is 0.00585. The van der Waals surface area contributed by atoms with Gasteiger partial charge in [0.25, 0.3) is 0 Å². The summed E-state index contributed by atoms with van der Waals surface area (Å²) < 4.78 is 5.33. The van der Waals surface area contributed by atoms with Gasteiger partial charge in [-0.15, -0.1) is 0 Å². The molecule has 0 N–H and O–H groups in total. The fourth-order valence-electron chi connectivity index (χ4n) is 1.92. The second-order valence-electron chi connectivity index (χ2n) is 5.41. The molecule has 1 amide bonds. The maximum atomic E-state index is 11.9. The first kappa shape index (κ1) is 13.6. The summed E-state index contributed by atoms with van der Waals surface area (Å²) in [7, 11) is 0. The number of hydrogen-bond donors (Lipinski definition) is 0. The molecule has 0 saturated carbocycles. The molecule has 0 bridgehead atoms. The van der Waals surface area contributed by atoms with Gasteiger partial charge in [0.2, 0.25) is 0 Å². The van der Waals surface area contributed by atoms with E-state index in [-0.39, 0.29) is 18.2 Å². The highest BCUT2D eigenvalue weighted by molar-refractivity contribution is 5.68. The topological polar surface area (TPSA) is 78.3 Å². The minimum atomic E-state index is -0.474. The van der Waals surface area contributed by atoms with Crippen molar-refractivity contribution >= 4 is 6.09 Å². The number of carbonyl (C=O) groups excluding carboxylic acids is 1. The van der Waals surface area contributed by atoms with Gasteiger partial charge < -0.3 is 9.64 Å². The number of carbonyl (C=O) groups is 1. The molecule has 6 heteroatoms. The molecule has 0 spiro atoms. The Morgan fingerprint density at radius 2 is 2.18 bits per heavy atom. The molecule has 17 heavy (non-hydrogen) atoms. The van der Waals surface area contributed by atoms with Gasteiger partial charge in [-0.05, 0) is 46.1 Å². The number of nitrogens with zero attached hydrogens (tertiary/aromatic N) is 4. The zero-order valence-electron chi connectivity index (χ0n) is 10.9. The van der Waals surface area contributed by atoms with Crippen LogP contribution in [0.2, 0.25) is 0 Å². The molecule has 0 unspecified atom stereocenters. The van der Waals surface area contributed by atoms with Crippen LogP contribution in [0.1, 0.15) is 40.5 Å². The van der Waals surface area contributed by atoms with Gasteiger partial charge in [-0.25, -0.2) is 4.79 Å².